The molecule has 24 heavy (non-hydrogen) atoms. The number of carbonyl (C=O) groups excluding carboxylic acids is 1. The lowest BCUT2D eigenvalue weighted by Crippen LogP contribution is -2.15. The SMILES string of the molecule is C=Cc1cc(NC(=O)[C@@H]2C[C@H]2C(=C)/C=C\C=C/C)ccc1/C=N\C. The fourth-order valence-corrected chi connectivity index (χ4v) is 2.63. The van der Waals surface area contributed by atoms with E-state index in [1.54, 1.807) is 19.3 Å². The van der Waals surface area contributed by atoms with Gasteiger partial charge < -0.3 is 5.32 Å². The number of benzene rings is 1. The van der Waals surface area contributed by atoms with Crippen molar-refractivity contribution in [3.63, 3.8) is 0 Å². The number of anilines is 1. The quantitative estimate of drug-likeness (QED) is 0.577. The molecule has 0 saturated heterocycles. The van der Waals surface area contributed by atoms with E-state index in [0.29, 0.717) is 0 Å². The van der Waals surface area contributed by atoms with E-state index in [2.05, 4.69) is 23.5 Å². The van der Waals surface area contributed by atoms with Gasteiger partial charge in [0.2, 0.25) is 5.91 Å². The highest BCUT2D eigenvalue weighted by molar-refractivity contribution is 5.96. The molecule has 1 N–H and O–H groups in total. The second-order valence-corrected chi connectivity index (χ2v) is 5.83. The van der Waals surface area contributed by atoms with Gasteiger partial charge in [0.15, 0.2) is 0 Å². The standard InChI is InChI=1S/C21H24N2O/c1-5-7-8-9-15(3)19-13-20(19)21(24)23-18-11-10-17(14-22-4)16(6-2)12-18/h5-12,14,19-20H,2-3,13H2,1,4H3,(H,23,24)/b7-5-,9-8-,22-14-/t19-,20+/m0/s1. The van der Waals surface area contributed by atoms with Crippen molar-refractivity contribution in [3.8, 4) is 0 Å². The second-order valence-electron chi connectivity index (χ2n) is 5.83. The summed E-state index contributed by atoms with van der Waals surface area (Å²) >= 11 is 0. The largest absolute Gasteiger partial charge is 0.326 e. The third-order valence-corrected chi connectivity index (χ3v) is 4.06. The molecule has 1 aromatic carbocycles. The number of rotatable bonds is 7. The van der Waals surface area contributed by atoms with Crippen LogP contribution in [0.2, 0.25) is 0 Å². The maximum absolute atomic E-state index is 12.4. The summed E-state index contributed by atoms with van der Waals surface area (Å²) < 4.78 is 0. The minimum Gasteiger partial charge on any atom is -0.326 e. The first kappa shape index (κ1) is 17.7. The Labute approximate surface area is 144 Å². The highest BCUT2D eigenvalue weighted by Crippen LogP contribution is 2.44. The van der Waals surface area contributed by atoms with Crippen LogP contribution in [0.4, 0.5) is 5.69 Å². The van der Waals surface area contributed by atoms with Gasteiger partial charge in [-0.25, -0.2) is 0 Å². The summed E-state index contributed by atoms with van der Waals surface area (Å²) in [4.78, 5) is 16.4. The summed E-state index contributed by atoms with van der Waals surface area (Å²) in [5, 5.41) is 2.99. The molecule has 2 atom stereocenters. The van der Waals surface area contributed by atoms with Gasteiger partial charge in [-0.15, -0.1) is 0 Å². The van der Waals surface area contributed by atoms with Crippen molar-refractivity contribution >= 4 is 23.9 Å². The molecule has 0 bridgehead atoms. The maximum Gasteiger partial charge on any atom is 0.228 e. The van der Waals surface area contributed by atoms with Gasteiger partial charge >= 0.3 is 0 Å². The van der Waals surface area contributed by atoms with Crippen molar-refractivity contribution in [2.75, 3.05) is 12.4 Å². The van der Waals surface area contributed by atoms with Crippen molar-refractivity contribution in [2.45, 2.75) is 13.3 Å². The molecular weight excluding hydrogens is 296 g/mol. The van der Waals surface area contributed by atoms with E-state index in [9.17, 15) is 4.79 Å². The molecular formula is C21H24N2O. The fourth-order valence-electron chi connectivity index (χ4n) is 2.63. The molecule has 0 unspecified atom stereocenters. The van der Waals surface area contributed by atoms with Crippen molar-refractivity contribution < 1.29 is 4.79 Å². The first-order valence-electron chi connectivity index (χ1n) is 8.08. The second kappa shape index (κ2) is 8.25. The molecule has 0 radical (unpaired) electrons. The molecule has 2 rings (SSSR count). The Hall–Kier alpha value is -2.68. The smallest absolute Gasteiger partial charge is 0.228 e. The summed E-state index contributed by atoms with van der Waals surface area (Å²) in [6.07, 6.45) is 12.3. The van der Waals surface area contributed by atoms with Crippen LogP contribution in [-0.4, -0.2) is 19.2 Å². The zero-order valence-corrected chi connectivity index (χ0v) is 14.3. The number of aliphatic imine (C=N–C) groups is 1. The Bertz CT molecular complexity index is 725. The number of hydrogen-bond acceptors (Lipinski definition) is 2. The number of amides is 1. The molecule has 0 aromatic heterocycles. The zero-order chi connectivity index (χ0) is 17.5. The third-order valence-electron chi connectivity index (χ3n) is 4.06. The van der Waals surface area contributed by atoms with Gasteiger partial charge in [0.1, 0.15) is 0 Å². The number of nitrogens with zero attached hydrogens (tertiary/aromatic N) is 1. The average Bonchev–Trinajstić information content (AvgIpc) is 3.37. The molecule has 1 aromatic rings. The zero-order valence-electron chi connectivity index (χ0n) is 14.3. The Balaban J connectivity index is 1.99. The lowest BCUT2D eigenvalue weighted by atomic mass is 10.1. The molecule has 0 heterocycles. The van der Waals surface area contributed by atoms with Gasteiger partial charge in [0, 0.05) is 24.9 Å². The van der Waals surface area contributed by atoms with Crippen LogP contribution < -0.4 is 5.32 Å². The Morgan fingerprint density at radius 3 is 2.75 bits per heavy atom. The van der Waals surface area contributed by atoms with Gasteiger partial charge in [-0.3, -0.25) is 9.79 Å². The summed E-state index contributed by atoms with van der Waals surface area (Å²) in [5.74, 6) is 0.307. The normalized spacial score (nSPS) is 19.9. The van der Waals surface area contributed by atoms with Gasteiger partial charge in [0.05, 0.1) is 0 Å². The molecule has 3 heteroatoms. The van der Waals surface area contributed by atoms with E-state index >= 15 is 0 Å². The predicted molar refractivity (Wildman–Crippen MR) is 103 cm³/mol. The summed E-state index contributed by atoms with van der Waals surface area (Å²) in [6, 6.07) is 5.74. The summed E-state index contributed by atoms with van der Waals surface area (Å²) in [5.41, 5.74) is 3.72. The number of allylic oxidation sites excluding steroid dienone is 5. The van der Waals surface area contributed by atoms with Crippen LogP contribution >= 0.6 is 0 Å². The van der Waals surface area contributed by atoms with Crippen molar-refractivity contribution in [3.05, 3.63) is 72.4 Å². The molecule has 124 valence electrons. The molecule has 0 spiro atoms. The van der Waals surface area contributed by atoms with Crippen molar-refractivity contribution in [2.24, 2.45) is 16.8 Å². The van der Waals surface area contributed by atoms with Crippen LogP contribution in [0.25, 0.3) is 6.08 Å². The molecule has 1 saturated carbocycles. The minimum atomic E-state index is 0.0109. The Morgan fingerprint density at radius 1 is 1.29 bits per heavy atom. The topological polar surface area (TPSA) is 41.5 Å². The van der Waals surface area contributed by atoms with Crippen LogP contribution in [0, 0.1) is 11.8 Å². The Morgan fingerprint density at radius 2 is 2.08 bits per heavy atom. The molecule has 0 aliphatic heterocycles. The minimum absolute atomic E-state index is 0.0109. The molecule has 1 aliphatic carbocycles. The summed E-state index contributed by atoms with van der Waals surface area (Å²) in [7, 11) is 1.73. The van der Waals surface area contributed by atoms with E-state index in [-0.39, 0.29) is 17.7 Å². The number of carbonyl (C=O) groups is 1. The van der Waals surface area contributed by atoms with E-state index in [1.165, 1.54) is 0 Å². The van der Waals surface area contributed by atoms with E-state index in [0.717, 1.165) is 28.8 Å². The highest BCUT2D eigenvalue weighted by Gasteiger charge is 2.43. The van der Waals surface area contributed by atoms with Crippen molar-refractivity contribution in [1.82, 2.24) is 0 Å². The monoisotopic (exact) mass is 320 g/mol. The fraction of sp³-hybridized carbons (Fsp3) is 0.238. The van der Waals surface area contributed by atoms with Crippen LogP contribution in [0.5, 0.6) is 0 Å². The van der Waals surface area contributed by atoms with Crippen molar-refractivity contribution in [1.29, 1.82) is 0 Å². The first-order chi connectivity index (χ1) is 11.6. The predicted octanol–water partition coefficient (Wildman–Crippen LogP) is 4.64. The molecule has 1 amide bonds. The average molecular weight is 320 g/mol. The van der Waals surface area contributed by atoms with Crippen LogP contribution in [0.3, 0.4) is 0 Å². The van der Waals surface area contributed by atoms with Gasteiger partial charge in [-0.2, -0.15) is 0 Å². The number of hydrogen-bond donors (Lipinski definition) is 1. The number of nitrogens with one attached hydrogen (secondary N) is 1. The molecule has 1 aliphatic rings. The van der Waals surface area contributed by atoms with Crippen LogP contribution in [0.15, 0.2) is 66.2 Å². The maximum atomic E-state index is 12.4. The van der Waals surface area contributed by atoms with Crippen LogP contribution in [-0.2, 0) is 4.79 Å². The lowest BCUT2D eigenvalue weighted by molar-refractivity contribution is -0.117. The van der Waals surface area contributed by atoms with Gasteiger partial charge in [-0.1, -0.05) is 55.2 Å². The van der Waals surface area contributed by atoms with E-state index in [1.807, 2.05) is 49.4 Å². The van der Waals surface area contributed by atoms with E-state index < -0.39 is 0 Å². The van der Waals surface area contributed by atoms with Gasteiger partial charge in [0.25, 0.3) is 0 Å². The first-order valence-corrected chi connectivity index (χ1v) is 8.08. The highest BCUT2D eigenvalue weighted by atomic mass is 16.2. The third kappa shape index (κ3) is 4.42. The van der Waals surface area contributed by atoms with E-state index in [4.69, 9.17) is 0 Å². The molecule has 1 fully saturated rings. The van der Waals surface area contributed by atoms with Crippen LogP contribution in [0.1, 0.15) is 24.5 Å². The summed E-state index contributed by atoms with van der Waals surface area (Å²) in [6.45, 7) is 9.84. The Kier molecular flexibility index (Phi) is 6.07. The van der Waals surface area contributed by atoms with Gasteiger partial charge in [-0.05, 0) is 42.5 Å². The lowest BCUT2D eigenvalue weighted by Gasteiger charge is -2.08. The molecule has 3 nitrogen and oxygen atoms in total.